The fourth-order valence-corrected chi connectivity index (χ4v) is 2.39. The molecule has 0 bridgehead atoms. The van der Waals surface area contributed by atoms with Crippen molar-refractivity contribution in [3.63, 3.8) is 0 Å². The topological polar surface area (TPSA) is 128 Å². The number of esters is 1. The average molecular weight is 411 g/mol. The van der Waals surface area contributed by atoms with Gasteiger partial charge < -0.3 is 21.1 Å². The standard InChI is InChI=1S/C22H25N3O5/c1-13(30-19(27)15-7-11-17(12-8-15)25-21(23)29)18(26)14-5-9-16(10-6-14)24-20(28)22(2,3)4/h5-13H,1-4H3,(H,24,28)(H3,23,25,29). The third-order valence-electron chi connectivity index (χ3n) is 4.15. The summed E-state index contributed by atoms with van der Waals surface area (Å²) in [5.74, 6) is -1.18. The highest BCUT2D eigenvalue weighted by Crippen LogP contribution is 2.19. The highest BCUT2D eigenvalue weighted by Gasteiger charge is 2.22. The van der Waals surface area contributed by atoms with Crippen molar-refractivity contribution in [1.29, 1.82) is 0 Å². The summed E-state index contributed by atoms with van der Waals surface area (Å²) < 4.78 is 5.24. The van der Waals surface area contributed by atoms with Gasteiger partial charge in [-0.2, -0.15) is 0 Å². The maximum Gasteiger partial charge on any atom is 0.338 e. The lowest BCUT2D eigenvalue weighted by Crippen LogP contribution is -2.27. The molecule has 1 atom stereocenters. The monoisotopic (exact) mass is 411 g/mol. The summed E-state index contributed by atoms with van der Waals surface area (Å²) in [6, 6.07) is 11.6. The van der Waals surface area contributed by atoms with Crippen LogP contribution in [0, 0.1) is 5.41 Å². The lowest BCUT2D eigenvalue weighted by Gasteiger charge is -2.18. The third kappa shape index (κ3) is 6.16. The molecule has 0 aliphatic heterocycles. The number of anilines is 2. The van der Waals surface area contributed by atoms with Crippen molar-refractivity contribution < 1.29 is 23.9 Å². The van der Waals surface area contributed by atoms with E-state index in [0.29, 0.717) is 16.9 Å². The van der Waals surface area contributed by atoms with Gasteiger partial charge in [-0.3, -0.25) is 9.59 Å². The van der Waals surface area contributed by atoms with Crippen LogP contribution in [0.5, 0.6) is 0 Å². The number of nitrogens with one attached hydrogen (secondary N) is 2. The van der Waals surface area contributed by atoms with Crippen molar-refractivity contribution in [3.8, 4) is 0 Å². The Morgan fingerprint density at radius 1 is 0.833 bits per heavy atom. The molecule has 2 aromatic rings. The molecule has 0 aliphatic carbocycles. The highest BCUT2D eigenvalue weighted by molar-refractivity contribution is 6.02. The quantitative estimate of drug-likeness (QED) is 0.494. The molecule has 0 saturated heterocycles. The number of nitrogens with two attached hydrogens (primary N) is 1. The van der Waals surface area contributed by atoms with Crippen LogP contribution in [-0.2, 0) is 9.53 Å². The van der Waals surface area contributed by atoms with Gasteiger partial charge in [-0.05, 0) is 55.5 Å². The van der Waals surface area contributed by atoms with Crippen LogP contribution in [0.3, 0.4) is 0 Å². The molecule has 8 heteroatoms. The number of rotatable bonds is 6. The summed E-state index contributed by atoms with van der Waals surface area (Å²) in [4.78, 5) is 47.7. The van der Waals surface area contributed by atoms with Crippen LogP contribution in [0.1, 0.15) is 48.4 Å². The zero-order chi connectivity index (χ0) is 22.5. The van der Waals surface area contributed by atoms with Crippen LogP contribution in [0.25, 0.3) is 0 Å². The van der Waals surface area contributed by atoms with Crippen molar-refractivity contribution in [2.45, 2.75) is 33.8 Å². The molecular weight excluding hydrogens is 386 g/mol. The Morgan fingerprint density at radius 2 is 1.30 bits per heavy atom. The summed E-state index contributed by atoms with van der Waals surface area (Å²) in [5, 5.41) is 5.16. The zero-order valence-electron chi connectivity index (χ0n) is 17.3. The Kier molecular flexibility index (Phi) is 6.94. The van der Waals surface area contributed by atoms with Crippen LogP contribution in [0.4, 0.5) is 16.2 Å². The molecule has 0 heterocycles. The second kappa shape index (κ2) is 9.21. The molecule has 0 radical (unpaired) electrons. The molecule has 158 valence electrons. The van der Waals surface area contributed by atoms with E-state index in [9.17, 15) is 19.2 Å². The summed E-state index contributed by atoms with van der Waals surface area (Å²) in [5.41, 5.74) is 6.07. The first kappa shape index (κ1) is 22.6. The summed E-state index contributed by atoms with van der Waals surface area (Å²) in [7, 11) is 0. The maximum atomic E-state index is 12.6. The normalized spacial score (nSPS) is 11.9. The molecule has 1 unspecified atom stereocenters. The van der Waals surface area contributed by atoms with E-state index < -0.39 is 23.5 Å². The first-order valence-electron chi connectivity index (χ1n) is 9.30. The zero-order valence-corrected chi connectivity index (χ0v) is 17.3. The first-order chi connectivity index (χ1) is 14.0. The molecule has 30 heavy (non-hydrogen) atoms. The van der Waals surface area contributed by atoms with E-state index in [-0.39, 0.29) is 17.3 Å². The van der Waals surface area contributed by atoms with E-state index in [0.717, 1.165) is 0 Å². The SMILES string of the molecule is CC(OC(=O)c1ccc(NC(N)=O)cc1)C(=O)c1ccc(NC(=O)C(C)(C)C)cc1. The minimum atomic E-state index is -1.00. The minimum absolute atomic E-state index is 0.138. The molecule has 2 rings (SSSR count). The second-order valence-corrected chi connectivity index (χ2v) is 7.76. The van der Waals surface area contributed by atoms with Gasteiger partial charge in [-0.25, -0.2) is 9.59 Å². The summed E-state index contributed by atoms with van der Waals surface area (Å²) in [6.45, 7) is 6.90. The molecule has 3 amide bonds. The molecule has 0 saturated carbocycles. The third-order valence-corrected chi connectivity index (χ3v) is 4.15. The van der Waals surface area contributed by atoms with E-state index in [2.05, 4.69) is 10.6 Å². The average Bonchev–Trinajstić information content (AvgIpc) is 2.67. The molecule has 2 aromatic carbocycles. The number of urea groups is 1. The van der Waals surface area contributed by atoms with Gasteiger partial charge in [0.1, 0.15) is 0 Å². The van der Waals surface area contributed by atoms with E-state index in [4.69, 9.17) is 10.5 Å². The number of amides is 3. The number of hydrogen-bond acceptors (Lipinski definition) is 5. The van der Waals surface area contributed by atoms with Gasteiger partial charge in [0.15, 0.2) is 6.10 Å². The molecule has 0 spiro atoms. The highest BCUT2D eigenvalue weighted by atomic mass is 16.5. The van der Waals surface area contributed by atoms with Gasteiger partial charge in [-0.15, -0.1) is 0 Å². The Balaban J connectivity index is 1.99. The van der Waals surface area contributed by atoms with Crippen molar-refractivity contribution in [2.24, 2.45) is 11.1 Å². The fraction of sp³-hybridized carbons (Fsp3) is 0.273. The van der Waals surface area contributed by atoms with Gasteiger partial charge in [-0.1, -0.05) is 20.8 Å². The molecule has 0 aromatic heterocycles. The van der Waals surface area contributed by atoms with Gasteiger partial charge in [0.2, 0.25) is 11.7 Å². The van der Waals surface area contributed by atoms with Crippen LogP contribution in [0.2, 0.25) is 0 Å². The van der Waals surface area contributed by atoms with Gasteiger partial charge in [0.05, 0.1) is 5.56 Å². The number of benzene rings is 2. The maximum absolute atomic E-state index is 12.6. The lowest BCUT2D eigenvalue weighted by molar-refractivity contribution is -0.123. The number of carbonyl (C=O) groups excluding carboxylic acids is 4. The van der Waals surface area contributed by atoms with Gasteiger partial charge in [0, 0.05) is 22.4 Å². The number of carbonyl (C=O) groups is 4. The predicted molar refractivity (Wildman–Crippen MR) is 113 cm³/mol. The number of primary amides is 1. The number of Topliss-reactive ketones (excluding diaryl/α,β-unsaturated/α-hetero) is 1. The largest absolute Gasteiger partial charge is 0.451 e. The molecule has 0 fully saturated rings. The van der Waals surface area contributed by atoms with Crippen LogP contribution < -0.4 is 16.4 Å². The summed E-state index contributed by atoms with van der Waals surface area (Å²) in [6.07, 6.45) is -1.00. The summed E-state index contributed by atoms with van der Waals surface area (Å²) >= 11 is 0. The number of ether oxygens (including phenoxy) is 1. The van der Waals surface area contributed by atoms with Crippen LogP contribution >= 0.6 is 0 Å². The van der Waals surface area contributed by atoms with E-state index in [1.165, 1.54) is 31.2 Å². The molecule has 4 N–H and O–H groups in total. The Bertz CT molecular complexity index is 944. The smallest absolute Gasteiger partial charge is 0.338 e. The minimum Gasteiger partial charge on any atom is -0.451 e. The van der Waals surface area contributed by atoms with Gasteiger partial charge in [0.25, 0.3) is 0 Å². The number of hydrogen-bond donors (Lipinski definition) is 3. The Labute approximate surface area is 174 Å². The van der Waals surface area contributed by atoms with Crippen molar-refractivity contribution in [1.82, 2.24) is 0 Å². The number of ketones is 1. The molecule has 8 nitrogen and oxygen atoms in total. The van der Waals surface area contributed by atoms with E-state index >= 15 is 0 Å². The Morgan fingerprint density at radius 3 is 1.77 bits per heavy atom. The van der Waals surface area contributed by atoms with Crippen molar-refractivity contribution in [2.75, 3.05) is 10.6 Å². The van der Waals surface area contributed by atoms with Gasteiger partial charge >= 0.3 is 12.0 Å². The first-order valence-corrected chi connectivity index (χ1v) is 9.30. The van der Waals surface area contributed by atoms with Crippen molar-refractivity contribution in [3.05, 3.63) is 59.7 Å². The van der Waals surface area contributed by atoms with E-state index in [1.807, 2.05) is 0 Å². The van der Waals surface area contributed by atoms with E-state index in [1.54, 1.807) is 45.0 Å². The molecule has 0 aliphatic rings. The van der Waals surface area contributed by atoms with Crippen LogP contribution in [-0.4, -0.2) is 29.8 Å². The second-order valence-electron chi connectivity index (χ2n) is 7.76. The Hall–Kier alpha value is -3.68. The predicted octanol–water partition coefficient (Wildman–Crippen LogP) is 3.59. The lowest BCUT2D eigenvalue weighted by atomic mass is 9.95. The van der Waals surface area contributed by atoms with Crippen molar-refractivity contribution >= 4 is 35.1 Å². The fourth-order valence-electron chi connectivity index (χ4n) is 2.39. The van der Waals surface area contributed by atoms with Crippen LogP contribution in [0.15, 0.2) is 48.5 Å². The molecular formula is C22H25N3O5.